The van der Waals surface area contributed by atoms with Gasteiger partial charge in [0.2, 0.25) is 11.4 Å². The molecule has 2 bridgehead atoms. The van der Waals surface area contributed by atoms with Crippen molar-refractivity contribution in [3.63, 3.8) is 0 Å². The van der Waals surface area contributed by atoms with Gasteiger partial charge < -0.3 is 23.7 Å². The lowest BCUT2D eigenvalue weighted by Gasteiger charge is -2.56. The summed E-state index contributed by atoms with van der Waals surface area (Å²) in [5.41, 5.74) is -2.46. The lowest BCUT2D eigenvalue weighted by Crippen LogP contribution is -2.78. The Balaban J connectivity index is 1.85. The van der Waals surface area contributed by atoms with Crippen molar-refractivity contribution in [3.8, 4) is 0 Å². The van der Waals surface area contributed by atoms with E-state index in [2.05, 4.69) is 20.8 Å². The molecule has 180 valence electrons. The summed E-state index contributed by atoms with van der Waals surface area (Å²) in [5, 5.41) is 11.5. The number of allylic oxidation sites excluding steroid dienone is 1. The van der Waals surface area contributed by atoms with Crippen molar-refractivity contribution in [3.05, 3.63) is 47.5 Å². The first-order valence-electron chi connectivity index (χ1n) is 11.9. The summed E-state index contributed by atoms with van der Waals surface area (Å²) >= 11 is 0. The van der Waals surface area contributed by atoms with Crippen LogP contribution in [0.4, 0.5) is 0 Å². The second-order valence-electron chi connectivity index (χ2n) is 9.27. The van der Waals surface area contributed by atoms with Crippen LogP contribution in [-0.4, -0.2) is 61.5 Å². The van der Waals surface area contributed by atoms with Gasteiger partial charge in [-0.15, -0.1) is 0 Å². The van der Waals surface area contributed by atoms with Crippen LogP contribution >= 0.6 is 0 Å². The zero-order valence-corrected chi connectivity index (χ0v) is 21.0. The smallest absolute Gasteiger partial charge is 0.339 e. The number of Topliss-reactive ketones (excluding diaryl/α,β-unsaturated/α-hetero) is 1. The molecule has 33 heavy (non-hydrogen) atoms. The zero-order valence-electron chi connectivity index (χ0n) is 20.0. The van der Waals surface area contributed by atoms with Gasteiger partial charge in [-0.25, -0.2) is 4.79 Å². The van der Waals surface area contributed by atoms with Gasteiger partial charge in [0.05, 0.1) is 11.7 Å². The number of ether oxygens (including phenoxy) is 3. The maximum absolute atomic E-state index is 14.4. The van der Waals surface area contributed by atoms with E-state index in [1.807, 2.05) is 13.8 Å². The van der Waals surface area contributed by atoms with Gasteiger partial charge in [-0.2, -0.15) is 0 Å². The molecule has 2 saturated heterocycles. The van der Waals surface area contributed by atoms with Crippen LogP contribution in [0.2, 0.25) is 18.1 Å². The highest BCUT2D eigenvalue weighted by Crippen LogP contribution is 2.57. The predicted octanol–water partition coefficient (Wildman–Crippen LogP) is 3.62. The molecule has 1 aromatic carbocycles. The molecule has 6 atom stereocenters. The standard InChI is InChI=1S/C25H34O7Si/c1-6-18-19-16(5)30-23-25(19,32-33(7-2,8-3)9-4)22(28)24(15-29-23,20(18)26)31-21(27)17-13-11-10-12-14-17/h6,10-14,16,19-20,23,26H,7-9,15H2,1-5H3/b18-6+/t16-,19+,20+,23+,24+,25-/m1/s1. The summed E-state index contributed by atoms with van der Waals surface area (Å²) in [6, 6.07) is 10.9. The van der Waals surface area contributed by atoms with E-state index in [0.717, 1.165) is 18.1 Å². The number of aliphatic hydroxyl groups excluding tert-OH is 1. The van der Waals surface area contributed by atoms with E-state index in [4.69, 9.17) is 18.6 Å². The molecule has 0 radical (unpaired) electrons. The van der Waals surface area contributed by atoms with Crippen molar-refractivity contribution < 1.29 is 33.3 Å². The summed E-state index contributed by atoms with van der Waals surface area (Å²) in [6.45, 7) is 9.66. The quantitative estimate of drug-likeness (QED) is 0.367. The molecule has 2 heterocycles. The first-order chi connectivity index (χ1) is 15.7. The molecular weight excluding hydrogens is 440 g/mol. The second-order valence-corrected chi connectivity index (χ2v) is 14.0. The molecule has 3 aliphatic rings. The highest BCUT2D eigenvalue weighted by Gasteiger charge is 2.78. The fourth-order valence-corrected chi connectivity index (χ4v) is 8.75. The molecule has 1 aliphatic carbocycles. The van der Waals surface area contributed by atoms with Crippen molar-refractivity contribution in [1.82, 2.24) is 0 Å². The molecule has 4 rings (SSSR count). The van der Waals surface area contributed by atoms with Crippen molar-refractivity contribution in [1.29, 1.82) is 0 Å². The Kier molecular flexibility index (Phi) is 6.43. The fraction of sp³-hybridized carbons (Fsp3) is 0.600. The number of benzene rings is 1. The number of carbonyl (C=O) groups is 2. The molecule has 7 nitrogen and oxygen atoms in total. The van der Waals surface area contributed by atoms with Crippen LogP contribution in [0, 0.1) is 5.92 Å². The summed E-state index contributed by atoms with van der Waals surface area (Å²) in [6.07, 6.45) is -0.869. The van der Waals surface area contributed by atoms with Crippen LogP contribution in [0.25, 0.3) is 0 Å². The third-order valence-electron chi connectivity index (χ3n) is 7.86. The van der Waals surface area contributed by atoms with Gasteiger partial charge >= 0.3 is 5.97 Å². The first kappa shape index (κ1) is 24.3. The summed E-state index contributed by atoms with van der Waals surface area (Å²) in [7, 11) is -2.34. The molecule has 8 heteroatoms. The average molecular weight is 475 g/mol. The van der Waals surface area contributed by atoms with Crippen LogP contribution in [0.15, 0.2) is 42.0 Å². The number of esters is 1. The molecule has 3 fully saturated rings. The van der Waals surface area contributed by atoms with Gasteiger partial charge in [-0.1, -0.05) is 45.0 Å². The van der Waals surface area contributed by atoms with Gasteiger partial charge in [0.1, 0.15) is 12.7 Å². The van der Waals surface area contributed by atoms with Gasteiger partial charge in [-0.3, -0.25) is 4.79 Å². The summed E-state index contributed by atoms with van der Waals surface area (Å²) < 4.78 is 25.0. The molecule has 0 amide bonds. The number of aliphatic hydroxyl groups is 1. The normalized spacial score (nSPS) is 36.8. The van der Waals surface area contributed by atoms with E-state index in [-0.39, 0.29) is 6.61 Å². The number of fused-ring (bicyclic) bond motifs is 1. The lowest BCUT2D eigenvalue weighted by atomic mass is 9.61. The molecule has 0 unspecified atom stereocenters. The molecule has 0 aromatic heterocycles. The van der Waals surface area contributed by atoms with Gasteiger partial charge in [0.15, 0.2) is 20.2 Å². The zero-order chi connectivity index (χ0) is 24.0. The SMILES string of the molecule is C/C=C1\[C@@H]2[C@@H](C)O[C@@H]3OC[C@@](OC(=O)c4ccccc4)(C(=O)[C@@]32O[Si](CC)(CC)CC)[C@H]1O. The van der Waals surface area contributed by atoms with Crippen LogP contribution in [0.1, 0.15) is 45.0 Å². The Morgan fingerprint density at radius 2 is 1.85 bits per heavy atom. The maximum atomic E-state index is 14.4. The first-order valence-corrected chi connectivity index (χ1v) is 14.4. The Bertz CT molecular complexity index is 935. The van der Waals surface area contributed by atoms with E-state index in [1.54, 1.807) is 36.4 Å². The van der Waals surface area contributed by atoms with E-state index in [9.17, 15) is 14.7 Å². The Labute approximate surface area is 196 Å². The third-order valence-corrected chi connectivity index (χ3v) is 12.5. The minimum atomic E-state index is -2.34. The highest BCUT2D eigenvalue weighted by molar-refractivity contribution is 6.73. The van der Waals surface area contributed by atoms with Crippen LogP contribution in [0.3, 0.4) is 0 Å². The molecular formula is C25H34O7Si. The molecule has 0 spiro atoms. The topological polar surface area (TPSA) is 91.3 Å². The molecule has 1 aromatic rings. The largest absolute Gasteiger partial charge is 0.442 e. The number of carbonyl (C=O) groups excluding carboxylic acids is 2. The number of ketones is 1. The van der Waals surface area contributed by atoms with E-state index < -0.39 is 55.7 Å². The van der Waals surface area contributed by atoms with Crippen LogP contribution in [0.5, 0.6) is 0 Å². The monoisotopic (exact) mass is 474 g/mol. The van der Waals surface area contributed by atoms with Gasteiger partial charge in [-0.05, 0) is 49.7 Å². The van der Waals surface area contributed by atoms with E-state index >= 15 is 0 Å². The van der Waals surface area contributed by atoms with E-state index in [0.29, 0.717) is 11.1 Å². The maximum Gasteiger partial charge on any atom is 0.339 e. The Morgan fingerprint density at radius 1 is 1.21 bits per heavy atom. The highest BCUT2D eigenvalue weighted by atomic mass is 28.4. The minimum Gasteiger partial charge on any atom is -0.442 e. The molecule has 2 aliphatic heterocycles. The summed E-state index contributed by atoms with van der Waals surface area (Å²) in [4.78, 5) is 27.5. The minimum absolute atomic E-state index is 0.295. The number of rotatable bonds is 7. The van der Waals surface area contributed by atoms with E-state index in [1.165, 1.54) is 0 Å². The average Bonchev–Trinajstić information content (AvgIpc) is 3.14. The lowest BCUT2D eigenvalue weighted by molar-refractivity contribution is -0.263. The molecule has 1 saturated carbocycles. The Morgan fingerprint density at radius 3 is 2.42 bits per heavy atom. The van der Waals surface area contributed by atoms with Gasteiger partial charge in [0.25, 0.3) is 0 Å². The Hall–Kier alpha value is -1.84. The number of hydrogen-bond donors (Lipinski definition) is 1. The fourth-order valence-electron chi connectivity index (χ4n) is 5.79. The van der Waals surface area contributed by atoms with Crippen molar-refractivity contribution in [2.75, 3.05) is 6.61 Å². The summed E-state index contributed by atoms with van der Waals surface area (Å²) in [5.74, 6) is -1.66. The third kappa shape index (κ3) is 3.38. The van der Waals surface area contributed by atoms with Crippen molar-refractivity contribution in [2.45, 2.75) is 82.5 Å². The second kappa shape index (κ2) is 8.74. The molecule has 1 N–H and O–H groups in total. The number of hydrogen-bond acceptors (Lipinski definition) is 7. The van der Waals surface area contributed by atoms with Gasteiger partial charge in [0, 0.05) is 5.92 Å². The van der Waals surface area contributed by atoms with Crippen molar-refractivity contribution >= 4 is 20.1 Å². The predicted molar refractivity (Wildman–Crippen MR) is 124 cm³/mol. The van der Waals surface area contributed by atoms with Crippen LogP contribution < -0.4 is 0 Å². The van der Waals surface area contributed by atoms with Crippen LogP contribution in [-0.2, 0) is 23.4 Å². The van der Waals surface area contributed by atoms with Crippen molar-refractivity contribution in [2.24, 2.45) is 5.92 Å².